The van der Waals surface area contributed by atoms with Gasteiger partial charge in [-0.1, -0.05) is 0 Å². The summed E-state index contributed by atoms with van der Waals surface area (Å²) in [4.78, 5) is 31.7. The average molecular weight is 278 g/mol. The van der Waals surface area contributed by atoms with E-state index in [0.717, 1.165) is 0 Å². The molecular weight excluding hydrogens is 260 g/mol. The largest absolute Gasteiger partial charge is 0.370 e. The summed E-state index contributed by atoms with van der Waals surface area (Å²) >= 11 is 0. The number of aromatic amines is 1. The lowest BCUT2D eigenvalue weighted by Crippen LogP contribution is -2.61. The molecule has 1 aromatic rings. The SMILES string of the molecule is NC(N)=NCCC(=O)NC1CN(C(=O)c2ccc[nH]2)C1. The number of likely N-dealkylation sites (tertiary alicyclic amines) is 1. The van der Waals surface area contributed by atoms with Gasteiger partial charge < -0.3 is 26.7 Å². The zero-order valence-corrected chi connectivity index (χ0v) is 11.0. The van der Waals surface area contributed by atoms with Crippen molar-refractivity contribution in [2.45, 2.75) is 12.5 Å². The highest BCUT2D eigenvalue weighted by Crippen LogP contribution is 2.12. The lowest BCUT2D eigenvalue weighted by Gasteiger charge is -2.39. The van der Waals surface area contributed by atoms with Gasteiger partial charge in [-0.25, -0.2) is 0 Å². The Morgan fingerprint density at radius 2 is 2.20 bits per heavy atom. The van der Waals surface area contributed by atoms with E-state index >= 15 is 0 Å². The van der Waals surface area contributed by atoms with Gasteiger partial charge in [-0.05, 0) is 12.1 Å². The van der Waals surface area contributed by atoms with E-state index in [2.05, 4.69) is 15.3 Å². The highest BCUT2D eigenvalue weighted by Gasteiger charge is 2.32. The highest BCUT2D eigenvalue weighted by molar-refractivity contribution is 5.93. The van der Waals surface area contributed by atoms with Crippen LogP contribution in [0, 0.1) is 0 Å². The molecule has 1 aromatic heterocycles. The van der Waals surface area contributed by atoms with Gasteiger partial charge in [0.2, 0.25) is 5.91 Å². The summed E-state index contributed by atoms with van der Waals surface area (Å²) < 4.78 is 0. The van der Waals surface area contributed by atoms with E-state index in [1.165, 1.54) is 0 Å². The number of carbonyl (C=O) groups excluding carboxylic acids is 2. The van der Waals surface area contributed by atoms with E-state index in [4.69, 9.17) is 11.5 Å². The molecule has 108 valence electrons. The fourth-order valence-electron chi connectivity index (χ4n) is 1.96. The second kappa shape index (κ2) is 6.09. The Balaban J connectivity index is 1.68. The van der Waals surface area contributed by atoms with Gasteiger partial charge in [-0.15, -0.1) is 0 Å². The predicted molar refractivity (Wildman–Crippen MR) is 73.9 cm³/mol. The van der Waals surface area contributed by atoms with E-state index in [0.29, 0.717) is 18.8 Å². The molecule has 2 heterocycles. The lowest BCUT2D eigenvalue weighted by molar-refractivity contribution is -0.122. The summed E-state index contributed by atoms with van der Waals surface area (Å²) in [6, 6.07) is 3.50. The second-order valence-corrected chi connectivity index (χ2v) is 4.61. The highest BCUT2D eigenvalue weighted by atomic mass is 16.2. The Hall–Kier alpha value is -2.51. The van der Waals surface area contributed by atoms with E-state index in [1.807, 2.05) is 0 Å². The van der Waals surface area contributed by atoms with Crippen molar-refractivity contribution in [3.8, 4) is 0 Å². The van der Waals surface area contributed by atoms with Crippen molar-refractivity contribution < 1.29 is 9.59 Å². The van der Waals surface area contributed by atoms with Gasteiger partial charge in [-0.2, -0.15) is 0 Å². The third-order valence-corrected chi connectivity index (χ3v) is 3.00. The minimum Gasteiger partial charge on any atom is -0.370 e. The van der Waals surface area contributed by atoms with Crippen LogP contribution in [0.4, 0.5) is 0 Å². The maximum Gasteiger partial charge on any atom is 0.270 e. The first kappa shape index (κ1) is 13.9. The minimum atomic E-state index is -0.119. The van der Waals surface area contributed by atoms with Gasteiger partial charge in [0.1, 0.15) is 5.69 Å². The zero-order valence-electron chi connectivity index (χ0n) is 11.0. The van der Waals surface area contributed by atoms with Crippen LogP contribution in [0.3, 0.4) is 0 Å². The van der Waals surface area contributed by atoms with Gasteiger partial charge in [-0.3, -0.25) is 14.6 Å². The number of nitrogens with two attached hydrogens (primary N) is 2. The number of aromatic nitrogens is 1. The molecule has 0 spiro atoms. The van der Waals surface area contributed by atoms with Crippen LogP contribution in [0.1, 0.15) is 16.9 Å². The quantitative estimate of drug-likeness (QED) is 0.390. The molecule has 0 aliphatic carbocycles. The maximum absolute atomic E-state index is 11.9. The Morgan fingerprint density at radius 1 is 1.45 bits per heavy atom. The molecule has 8 heteroatoms. The monoisotopic (exact) mass is 278 g/mol. The smallest absolute Gasteiger partial charge is 0.270 e. The van der Waals surface area contributed by atoms with Gasteiger partial charge in [0.05, 0.1) is 12.6 Å². The van der Waals surface area contributed by atoms with Crippen LogP contribution in [0.2, 0.25) is 0 Å². The normalized spacial score (nSPS) is 14.5. The fourth-order valence-corrected chi connectivity index (χ4v) is 1.96. The molecule has 20 heavy (non-hydrogen) atoms. The number of amides is 2. The van der Waals surface area contributed by atoms with Gasteiger partial charge in [0, 0.05) is 25.7 Å². The standard InChI is InChI=1S/C12H18N6O2/c13-12(14)16-5-3-10(19)17-8-6-18(7-8)11(20)9-2-1-4-15-9/h1-2,4,8,15H,3,5-7H2,(H,17,19)(H4,13,14,16). The van der Waals surface area contributed by atoms with Crippen LogP contribution in [0.5, 0.6) is 0 Å². The zero-order chi connectivity index (χ0) is 14.5. The van der Waals surface area contributed by atoms with Crippen LogP contribution >= 0.6 is 0 Å². The molecule has 2 amide bonds. The van der Waals surface area contributed by atoms with Gasteiger partial charge in [0.25, 0.3) is 5.91 Å². The molecule has 0 unspecified atom stereocenters. The van der Waals surface area contributed by atoms with Gasteiger partial charge in [0.15, 0.2) is 5.96 Å². The summed E-state index contributed by atoms with van der Waals surface area (Å²) in [5.74, 6) is -0.197. The van der Waals surface area contributed by atoms with Crippen LogP contribution in [0.25, 0.3) is 0 Å². The van der Waals surface area contributed by atoms with Crippen molar-refractivity contribution in [3.05, 3.63) is 24.0 Å². The average Bonchev–Trinajstić information content (AvgIpc) is 2.85. The number of carbonyl (C=O) groups is 2. The number of hydrogen-bond donors (Lipinski definition) is 4. The molecule has 1 aliphatic rings. The molecule has 8 nitrogen and oxygen atoms in total. The Morgan fingerprint density at radius 3 is 2.80 bits per heavy atom. The first-order valence-corrected chi connectivity index (χ1v) is 6.33. The van der Waals surface area contributed by atoms with Crippen LogP contribution in [0.15, 0.2) is 23.3 Å². The van der Waals surface area contributed by atoms with Crippen molar-refractivity contribution >= 4 is 17.8 Å². The summed E-state index contributed by atoms with van der Waals surface area (Å²) in [6.07, 6.45) is 1.94. The molecule has 6 N–H and O–H groups in total. The lowest BCUT2D eigenvalue weighted by atomic mass is 10.1. The Kier molecular flexibility index (Phi) is 4.24. The molecule has 2 rings (SSSR count). The molecule has 0 atom stereocenters. The van der Waals surface area contributed by atoms with E-state index < -0.39 is 0 Å². The minimum absolute atomic E-state index is 0.000570. The third-order valence-electron chi connectivity index (χ3n) is 3.00. The van der Waals surface area contributed by atoms with Crippen LogP contribution in [-0.2, 0) is 4.79 Å². The second-order valence-electron chi connectivity index (χ2n) is 4.61. The number of H-pyrrole nitrogens is 1. The fraction of sp³-hybridized carbons (Fsp3) is 0.417. The van der Waals surface area contributed by atoms with Crippen LogP contribution in [-0.4, -0.2) is 53.3 Å². The van der Waals surface area contributed by atoms with E-state index in [9.17, 15) is 9.59 Å². The van der Waals surface area contributed by atoms with Gasteiger partial charge >= 0.3 is 0 Å². The molecule has 1 fully saturated rings. The van der Waals surface area contributed by atoms with Crippen molar-refractivity contribution in [1.29, 1.82) is 0 Å². The summed E-state index contributed by atoms with van der Waals surface area (Å²) in [6.45, 7) is 1.31. The predicted octanol–water partition coefficient (Wildman–Crippen LogP) is -1.38. The van der Waals surface area contributed by atoms with Crippen molar-refractivity contribution in [3.63, 3.8) is 0 Å². The molecule has 0 aromatic carbocycles. The summed E-state index contributed by atoms with van der Waals surface area (Å²) in [7, 11) is 0. The van der Waals surface area contributed by atoms with Crippen LogP contribution < -0.4 is 16.8 Å². The molecule has 0 radical (unpaired) electrons. The summed E-state index contributed by atoms with van der Waals surface area (Å²) in [5, 5.41) is 2.83. The topological polar surface area (TPSA) is 130 Å². The molecule has 1 aliphatic heterocycles. The molecule has 0 saturated carbocycles. The van der Waals surface area contributed by atoms with Crippen molar-refractivity contribution in [2.24, 2.45) is 16.5 Å². The number of rotatable bonds is 5. The third kappa shape index (κ3) is 3.50. The Labute approximate surface area is 116 Å². The summed E-state index contributed by atoms with van der Waals surface area (Å²) in [5.41, 5.74) is 10.9. The van der Waals surface area contributed by atoms with E-state index in [1.54, 1.807) is 23.2 Å². The van der Waals surface area contributed by atoms with Crippen molar-refractivity contribution in [2.75, 3.05) is 19.6 Å². The molecular formula is C12H18N6O2. The number of nitrogens with one attached hydrogen (secondary N) is 2. The molecule has 0 bridgehead atoms. The number of guanidine groups is 1. The maximum atomic E-state index is 11.9. The Bertz CT molecular complexity index is 500. The van der Waals surface area contributed by atoms with E-state index in [-0.39, 0.29) is 36.8 Å². The van der Waals surface area contributed by atoms with Crippen molar-refractivity contribution in [1.82, 2.24) is 15.2 Å². The molecule has 1 saturated heterocycles. The number of hydrogen-bond acceptors (Lipinski definition) is 3. The first-order valence-electron chi connectivity index (χ1n) is 6.33. The number of nitrogens with zero attached hydrogens (tertiary/aromatic N) is 2. The number of aliphatic imine (C=N–C) groups is 1. The first-order chi connectivity index (χ1) is 9.56.